The first-order valence-corrected chi connectivity index (χ1v) is 39.7. The number of nitrogens with zero attached hydrogens (tertiary/aromatic N) is 6. The number of pyridine rings is 3. The zero-order valence-electron chi connectivity index (χ0n) is 70.4. The molecule has 37 nitrogen and oxygen atoms in total. The first-order chi connectivity index (χ1) is 55.1. The number of carbonyl (C=O) groups is 8. The SMILES string of the molecule is CC(C)(C)OC(=O)NC1CC(O)(CN=[N+]=[N-])C1.CC(C)(C)OC(=O)NC1CC(O)(CO)C1.CC(C)(O)[C@H](F)CNC(=O)c1cnc(Cl)cc1Cl.COC(=O)CCC1(O)CC(Nc2cc(Cl)ncc2C(=O)NC[C@@H](F)C(C)(C)O)C1.COC(=O)CCC1(O)CC(Nc2cc(Cl)ncc2C(=O)NC[C@@H](F)C(C)(C)O)C1.COC(=O)NCC1(O)CC(N)C1.Cl. The minimum absolute atomic E-state index is 0. The van der Waals surface area contributed by atoms with Gasteiger partial charge in [0.1, 0.15) is 45.2 Å². The van der Waals surface area contributed by atoms with Gasteiger partial charge in [0, 0.05) is 73.1 Å². The fourth-order valence-electron chi connectivity index (χ4n) is 11.9. The molecule has 3 aromatic rings. The Morgan fingerprint density at radius 2 is 0.843 bits per heavy atom. The maximum absolute atomic E-state index is 13.9. The van der Waals surface area contributed by atoms with Crippen molar-refractivity contribution in [1.82, 2.24) is 46.9 Å². The average molecular weight is 1830 g/mol. The molecular formula is C76H119Cl5F3N15O22. The van der Waals surface area contributed by atoms with Gasteiger partial charge in [-0.25, -0.2) is 42.5 Å². The van der Waals surface area contributed by atoms with E-state index < -0.39 is 111 Å². The van der Waals surface area contributed by atoms with Crippen molar-refractivity contribution in [3.63, 3.8) is 0 Å². The molecule has 0 unspecified atom stereocenters. The van der Waals surface area contributed by atoms with Gasteiger partial charge in [-0.05, 0) is 184 Å². The van der Waals surface area contributed by atoms with E-state index >= 15 is 0 Å². The summed E-state index contributed by atoms with van der Waals surface area (Å²) in [4.78, 5) is 106. The number of aromatic nitrogens is 3. The van der Waals surface area contributed by atoms with Gasteiger partial charge in [-0.2, -0.15) is 0 Å². The quantitative estimate of drug-likeness (QED) is 0.00793. The van der Waals surface area contributed by atoms with E-state index in [2.05, 4.69) is 81.7 Å². The Balaban J connectivity index is 0.000000505. The van der Waals surface area contributed by atoms with Crippen molar-refractivity contribution in [2.75, 3.05) is 71.3 Å². The second kappa shape index (κ2) is 47.5. The molecule has 3 heterocycles. The lowest BCUT2D eigenvalue weighted by atomic mass is 9.73. The van der Waals surface area contributed by atoms with Gasteiger partial charge in [-0.15, -0.1) is 12.4 Å². The highest BCUT2D eigenvalue weighted by Gasteiger charge is 2.47. The van der Waals surface area contributed by atoms with Crippen LogP contribution in [0.15, 0.2) is 41.9 Å². The summed E-state index contributed by atoms with van der Waals surface area (Å²) in [5.41, 5.74) is 4.41. The van der Waals surface area contributed by atoms with Crippen LogP contribution in [0.5, 0.6) is 0 Å². The van der Waals surface area contributed by atoms with Crippen molar-refractivity contribution in [2.45, 2.75) is 278 Å². The van der Waals surface area contributed by atoms with E-state index in [9.17, 15) is 92.4 Å². The number of azide groups is 1. The van der Waals surface area contributed by atoms with Gasteiger partial charge in [0.15, 0.2) is 0 Å². The third-order valence-corrected chi connectivity index (χ3v) is 19.8. The summed E-state index contributed by atoms with van der Waals surface area (Å²) < 4.78 is 64.8. The van der Waals surface area contributed by atoms with Crippen molar-refractivity contribution in [1.29, 1.82) is 0 Å². The van der Waals surface area contributed by atoms with E-state index in [0.717, 1.165) is 0 Å². The van der Waals surface area contributed by atoms with E-state index in [-0.39, 0.29) is 157 Å². The maximum atomic E-state index is 13.9. The van der Waals surface area contributed by atoms with Crippen LogP contribution >= 0.6 is 58.8 Å². The first kappa shape index (κ1) is 109. The topological polar surface area (TPSA) is 574 Å². The van der Waals surface area contributed by atoms with Crippen LogP contribution in [0.3, 0.4) is 0 Å². The van der Waals surface area contributed by atoms with Crippen LogP contribution in [0.4, 0.5) is 38.9 Å². The van der Waals surface area contributed by atoms with Crippen LogP contribution < -0.4 is 48.3 Å². The Bertz CT molecular complexity index is 3810. The summed E-state index contributed by atoms with van der Waals surface area (Å²) in [6, 6.07) is 3.85. The van der Waals surface area contributed by atoms with Crippen LogP contribution in [0.1, 0.15) is 204 Å². The Morgan fingerprint density at radius 1 is 0.512 bits per heavy atom. The smallest absolute Gasteiger partial charge is 0.407 e. The number of ether oxygens (including phenoxy) is 5. The highest BCUT2D eigenvalue weighted by atomic mass is 35.5. The molecule has 5 fully saturated rings. The molecule has 6 amide bonds. The van der Waals surface area contributed by atoms with Crippen LogP contribution in [0, 0.1) is 0 Å². The molecule has 5 aliphatic carbocycles. The van der Waals surface area contributed by atoms with Gasteiger partial charge >= 0.3 is 30.2 Å². The highest BCUT2D eigenvalue weighted by Crippen LogP contribution is 2.41. The van der Waals surface area contributed by atoms with Crippen molar-refractivity contribution in [3.05, 3.63) is 84.4 Å². The Morgan fingerprint density at radius 3 is 1.15 bits per heavy atom. The molecule has 3 atom stereocenters. The number of nitrogens with one attached hydrogen (secondary N) is 8. The molecule has 0 aromatic carbocycles. The van der Waals surface area contributed by atoms with E-state index in [4.69, 9.17) is 72.2 Å². The fraction of sp³-hybridized carbons (Fsp3) is 0.697. The lowest BCUT2D eigenvalue weighted by Crippen LogP contribution is -2.57. The summed E-state index contributed by atoms with van der Waals surface area (Å²) in [6.07, 6.45) is 2.36. The number of rotatable bonds is 29. The summed E-state index contributed by atoms with van der Waals surface area (Å²) in [7, 11) is 3.87. The number of aliphatic hydroxyl groups excluding tert-OH is 1. The number of anilines is 2. The fourth-order valence-corrected chi connectivity index (χ4v) is 12.7. The highest BCUT2D eigenvalue weighted by molar-refractivity contribution is 6.36. The number of hydrogen-bond acceptors (Lipinski definition) is 29. The van der Waals surface area contributed by atoms with Gasteiger partial charge in [-0.3, -0.25) is 24.0 Å². The molecule has 0 saturated heterocycles. The number of amides is 6. The Labute approximate surface area is 726 Å². The average Bonchev–Trinajstić information content (AvgIpc) is 0.801. The van der Waals surface area contributed by atoms with Crippen LogP contribution in [-0.2, 0) is 33.3 Å². The number of alkyl halides is 3. The molecule has 0 aliphatic heterocycles. The van der Waals surface area contributed by atoms with Crippen molar-refractivity contribution < 1.29 is 121 Å². The number of hydrogen-bond donors (Lipinski definition) is 18. The summed E-state index contributed by atoms with van der Waals surface area (Å²) >= 11 is 23.3. The van der Waals surface area contributed by atoms with Crippen LogP contribution in [0.2, 0.25) is 20.5 Å². The minimum atomic E-state index is -1.64. The molecule has 0 spiro atoms. The monoisotopic (exact) mass is 1830 g/mol. The van der Waals surface area contributed by atoms with E-state index in [0.29, 0.717) is 75.6 Å². The van der Waals surface area contributed by atoms with Crippen LogP contribution in [-0.4, -0.2) is 274 Å². The third kappa shape index (κ3) is 40.3. The van der Waals surface area contributed by atoms with Crippen LogP contribution in [0.25, 0.3) is 10.4 Å². The molecule has 8 rings (SSSR count). The Hall–Kier alpha value is -7.64. The molecule has 686 valence electrons. The zero-order chi connectivity index (χ0) is 91.5. The number of nitrogens with two attached hydrogens (primary N) is 1. The number of aliphatic hydroxyl groups is 9. The van der Waals surface area contributed by atoms with Gasteiger partial charge in [0.25, 0.3) is 17.7 Å². The standard InChI is InChI=1S/2C19H27ClFN3O5.C11H13Cl2FN2O2.C10H18N4O3.C10H19NO4.C7H14N2O3.ClH/c2*1-18(2,27)14(21)10-23-17(26)12-9-22-15(20)6-13(12)24-11-7-19(28,8-11)5-4-16(25)29-3;1-11(2,18)8(14)5-16-10(17)6-4-15-9(13)3-7(6)12;1-9(2,3)17-8(15)13-7-4-10(16,5-7)6-12-14-11;1-9(2,3)15-8(13)11-7-4-10(14,5-7)6-12;1-12-6(10)9-4-7(11)2-5(8)3-7;/h2*6,9,11,14,27-28H,4-5,7-8,10H2,1-3H3,(H,22,24)(H,23,26);3-4,8,18H,5H2,1-2H3,(H,16,17);7,16H,4-6H2,1-3H3,(H,13,15);7,12,14H,4-6H2,1-3H3,(H,11,13);5,11H,2-4,8H2,1H3,(H,9,10);1H/t2*11?,14-,19?;8-;;;;/m111..../s1. The summed E-state index contributed by atoms with van der Waals surface area (Å²) in [5.74, 6) is -2.47. The molecule has 3 aromatic heterocycles. The van der Waals surface area contributed by atoms with E-state index in [1.54, 1.807) is 41.5 Å². The number of carbonyl (C=O) groups excluding carboxylic acids is 8. The van der Waals surface area contributed by atoms with Gasteiger partial charge in [0.2, 0.25) is 0 Å². The lowest BCUT2D eigenvalue weighted by molar-refractivity contribution is -0.144. The predicted molar refractivity (Wildman–Crippen MR) is 445 cm³/mol. The van der Waals surface area contributed by atoms with Gasteiger partial charge < -0.3 is 118 Å². The predicted octanol–water partition coefficient (Wildman–Crippen LogP) is 7.62. The molecule has 121 heavy (non-hydrogen) atoms. The largest absolute Gasteiger partial charge is 0.469 e. The zero-order valence-corrected chi connectivity index (χ0v) is 74.2. The van der Waals surface area contributed by atoms with E-state index in [1.165, 1.54) is 99.7 Å². The maximum Gasteiger partial charge on any atom is 0.407 e. The Kier molecular flexibility index (Phi) is 42.9. The number of methoxy groups -OCH3 is 3. The molecule has 0 radical (unpaired) electrons. The number of esters is 2. The minimum Gasteiger partial charge on any atom is -0.469 e. The first-order valence-electron chi connectivity index (χ1n) is 38.1. The third-order valence-electron chi connectivity index (χ3n) is 18.9. The molecule has 0 bridgehead atoms. The second-order valence-electron chi connectivity index (χ2n) is 33.9. The summed E-state index contributed by atoms with van der Waals surface area (Å²) in [5, 5.41) is 112. The molecule has 5 saturated carbocycles. The molecular weight excluding hydrogens is 1710 g/mol. The normalized spacial score (nSPS) is 23.7. The van der Waals surface area contributed by atoms with Crippen molar-refractivity contribution >= 4 is 118 Å². The molecule has 19 N–H and O–H groups in total. The van der Waals surface area contributed by atoms with Gasteiger partial charge in [0.05, 0.1) is 132 Å². The number of halogens is 8. The van der Waals surface area contributed by atoms with Crippen molar-refractivity contribution in [2.24, 2.45) is 10.8 Å². The lowest BCUT2D eigenvalue weighted by Gasteiger charge is -2.44. The number of alkyl carbamates (subject to hydrolysis) is 3. The molecule has 45 heteroatoms. The summed E-state index contributed by atoms with van der Waals surface area (Å²) in [6.45, 7) is 17.6. The van der Waals surface area contributed by atoms with E-state index in [1.807, 2.05) is 0 Å². The van der Waals surface area contributed by atoms with Gasteiger partial charge in [-0.1, -0.05) is 51.5 Å². The van der Waals surface area contributed by atoms with Crippen molar-refractivity contribution in [3.8, 4) is 0 Å². The molecule has 5 aliphatic rings. The second-order valence-corrected chi connectivity index (χ2v) is 35.5.